The molecule has 74 heavy (non-hydrogen) atoms. The van der Waals surface area contributed by atoms with Gasteiger partial charge in [0.05, 0.1) is 22.1 Å². The van der Waals surface area contributed by atoms with E-state index in [0.717, 1.165) is 76.8 Å². The predicted molar refractivity (Wildman–Crippen MR) is 311 cm³/mol. The van der Waals surface area contributed by atoms with Gasteiger partial charge in [0.15, 0.2) is 0 Å². The van der Waals surface area contributed by atoms with Crippen molar-refractivity contribution in [3.63, 3.8) is 0 Å². The van der Waals surface area contributed by atoms with Gasteiger partial charge in [0.2, 0.25) is 0 Å². The second-order valence-electron chi connectivity index (χ2n) is 19.9. The smallest absolute Gasteiger partial charge is 0.136 e. The van der Waals surface area contributed by atoms with E-state index in [1.807, 2.05) is 0 Å². The number of hydrogen-bond donors (Lipinski definition) is 0. The lowest BCUT2D eigenvalue weighted by atomic mass is 9.87. The summed E-state index contributed by atoms with van der Waals surface area (Å²) in [5.41, 5.74) is 15.2. The molecule has 0 spiro atoms. The van der Waals surface area contributed by atoms with Crippen LogP contribution in [0, 0.1) is 0 Å². The molecule has 0 aliphatic rings. The maximum atomic E-state index is 6.73. The molecule has 17 rings (SSSR count). The number of aromatic nitrogens is 2. The first kappa shape index (κ1) is 39.8. The maximum Gasteiger partial charge on any atom is 0.136 e. The van der Waals surface area contributed by atoms with Crippen LogP contribution >= 0.6 is 0 Å². The number of benzene rings is 13. The summed E-state index contributed by atoms with van der Waals surface area (Å²) in [7, 11) is 0. The quantitative estimate of drug-likeness (QED) is 0.130. The van der Waals surface area contributed by atoms with Crippen molar-refractivity contribution in [2.45, 2.75) is 0 Å². The molecule has 4 aromatic heterocycles. The van der Waals surface area contributed by atoms with Gasteiger partial charge in [0.25, 0.3) is 0 Å². The van der Waals surface area contributed by atoms with Crippen LogP contribution in [0.25, 0.3) is 164 Å². The summed E-state index contributed by atoms with van der Waals surface area (Å²) in [6, 6.07) is 88.8. The van der Waals surface area contributed by atoms with Crippen molar-refractivity contribution in [3.05, 3.63) is 243 Å². The molecule has 0 unspecified atom stereocenters. The van der Waals surface area contributed by atoms with E-state index in [4.69, 9.17) is 8.83 Å². The van der Waals surface area contributed by atoms with Crippen LogP contribution < -0.4 is 0 Å². The number of nitrogens with zero attached hydrogens (tertiary/aromatic N) is 2. The first-order valence-electron chi connectivity index (χ1n) is 25.4. The van der Waals surface area contributed by atoms with Crippen LogP contribution in [-0.4, -0.2) is 9.13 Å². The van der Waals surface area contributed by atoms with Gasteiger partial charge in [-0.05, 0) is 151 Å². The van der Waals surface area contributed by atoms with E-state index >= 15 is 0 Å². The zero-order valence-electron chi connectivity index (χ0n) is 39.8. The van der Waals surface area contributed by atoms with E-state index in [0.29, 0.717) is 0 Å². The Morgan fingerprint density at radius 1 is 0.216 bits per heavy atom. The average Bonchev–Trinajstić information content (AvgIpc) is 4.25. The molecule has 342 valence electrons. The van der Waals surface area contributed by atoms with Crippen molar-refractivity contribution < 1.29 is 8.83 Å². The highest BCUT2D eigenvalue weighted by Gasteiger charge is 2.24. The van der Waals surface area contributed by atoms with Crippen LogP contribution in [0.2, 0.25) is 0 Å². The van der Waals surface area contributed by atoms with E-state index < -0.39 is 0 Å². The molecule has 17 aromatic rings. The monoisotopic (exact) mass is 940 g/mol. The molecule has 0 aliphatic heterocycles. The average molecular weight is 941 g/mol. The zero-order valence-corrected chi connectivity index (χ0v) is 39.8. The molecule has 0 amide bonds. The highest BCUT2D eigenvalue weighted by atomic mass is 16.3. The van der Waals surface area contributed by atoms with Gasteiger partial charge in [-0.1, -0.05) is 146 Å². The molecule has 0 aliphatic carbocycles. The lowest BCUT2D eigenvalue weighted by Gasteiger charge is -2.18. The van der Waals surface area contributed by atoms with Crippen molar-refractivity contribution in [2.75, 3.05) is 0 Å². The summed E-state index contributed by atoms with van der Waals surface area (Å²) in [6.45, 7) is 0. The molecule has 4 nitrogen and oxygen atoms in total. The van der Waals surface area contributed by atoms with Gasteiger partial charge in [-0.2, -0.15) is 0 Å². The Morgan fingerprint density at radius 2 is 0.608 bits per heavy atom. The van der Waals surface area contributed by atoms with Crippen molar-refractivity contribution >= 4 is 131 Å². The van der Waals surface area contributed by atoms with Crippen molar-refractivity contribution in [1.82, 2.24) is 9.13 Å². The van der Waals surface area contributed by atoms with Gasteiger partial charge < -0.3 is 18.0 Å². The van der Waals surface area contributed by atoms with E-state index in [1.165, 1.54) is 87.4 Å². The fourth-order valence-corrected chi connectivity index (χ4v) is 12.8. The zero-order chi connectivity index (χ0) is 48.2. The summed E-state index contributed by atoms with van der Waals surface area (Å²) in [4.78, 5) is 0. The third-order valence-corrected chi connectivity index (χ3v) is 16.0. The van der Waals surface area contributed by atoms with Gasteiger partial charge in [0.1, 0.15) is 22.3 Å². The van der Waals surface area contributed by atoms with Gasteiger partial charge in [-0.25, -0.2) is 0 Å². The SMILES string of the molecule is c1ccc(-n2c3ccccc3c3cccc(-c4cc5cc6c(cc(-c7cccc8c9ccccc9n(-c9ccccc9)c78)c7cc8c(cc76)oc6ccccc68)cc5c5cc6oc7ccccc7c6cc45)c32)cc1. The highest BCUT2D eigenvalue weighted by Crippen LogP contribution is 2.48. The normalized spacial score (nSPS) is 12.3. The summed E-state index contributed by atoms with van der Waals surface area (Å²) in [5, 5.41) is 18.6. The topological polar surface area (TPSA) is 36.1 Å². The van der Waals surface area contributed by atoms with E-state index in [-0.39, 0.29) is 0 Å². The third-order valence-electron chi connectivity index (χ3n) is 16.0. The summed E-state index contributed by atoms with van der Waals surface area (Å²) in [6.07, 6.45) is 0. The van der Waals surface area contributed by atoms with Crippen molar-refractivity contribution in [3.8, 4) is 33.6 Å². The predicted octanol–water partition coefficient (Wildman–Crippen LogP) is 19.6. The molecule has 4 heteroatoms. The lowest BCUT2D eigenvalue weighted by Crippen LogP contribution is -1.96. The minimum Gasteiger partial charge on any atom is -0.456 e. The standard InChI is InChI=1S/C70H40N2O2/c1-3-17-43(18-4-1)71-63-29-11-7-21-45(63)49-25-15-27-51(69(49)71)55-35-41-33-54-42(34-53(41)59-39-67-61(37-57(55)59)47-23-9-13-31-65(47)73-67)36-56(58-38-62-48-24-10-14-32-66(48)74-68(62)40-60(54)58)52-28-16-26-50-46-22-8-12-30-64(46)72(70(50)52)44-19-5-2-6-20-44/h1-40H. The van der Waals surface area contributed by atoms with Crippen molar-refractivity contribution in [2.24, 2.45) is 0 Å². The molecule has 0 bridgehead atoms. The van der Waals surface area contributed by atoms with Gasteiger partial charge in [-0.15, -0.1) is 0 Å². The molecule has 13 aromatic carbocycles. The molecular formula is C70H40N2O2. The second kappa shape index (κ2) is 14.8. The molecule has 0 radical (unpaired) electrons. The maximum absolute atomic E-state index is 6.73. The fraction of sp³-hybridized carbons (Fsp3) is 0. The minimum absolute atomic E-state index is 0.876. The largest absolute Gasteiger partial charge is 0.456 e. The molecule has 0 N–H and O–H groups in total. The third kappa shape index (κ3) is 5.46. The number of para-hydroxylation sites is 8. The molecule has 0 saturated carbocycles. The van der Waals surface area contributed by atoms with Crippen LogP contribution in [0.4, 0.5) is 0 Å². The Kier molecular flexibility index (Phi) is 7.97. The van der Waals surface area contributed by atoms with Gasteiger partial charge in [0, 0.05) is 65.6 Å². The summed E-state index contributed by atoms with van der Waals surface area (Å²) in [5.74, 6) is 0. The van der Waals surface area contributed by atoms with Crippen LogP contribution in [0.3, 0.4) is 0 Å². The summed E-state index contributed by atoms with van der Waals surface area (Å²) < 4.78 is 18.4. The first-order chi connectivity index (χ1) is 36.7. The van der Waals surface area contributed by atoms with Crippen molar-refractivity contribution in [1.29, 1.82) is 0 Å². The van der Waals surface area contributed by atoms with Crippen LogP contribution in [0.1, 0.15) is 0 Å². The minimum atomic E-state index is 0.876. The number of rotatable bonds is 4. The second-order valence-corrected chi connectivity index (χ2v) is 19.9. The number of hydrogen-bond acceptors (Lipinski definition) is 2. The lowest BCUT2D eigenvalue weighted by molar-refractivity contribution is 0.669. The van der Waals surface area contributed by atoms with E-state index in [9.17, 15) is 0 Å². The summed E-state index contributed by atoms with van der Waals surface area (Å²) >= 11 is 0. The number of furan rings is 2. The first-order valence-corrected chi connectivity index (χ1v) is 25.4. The Labute approximate surface area is 422 Å². The molecule has 4 heterocycles. The van der Waals surface area contributed by atoms with Crippen LogP contribution in [-0.2, 0) is 0 Å². The number of fused-ring (bicyclic) bond motifs is 18. The van der Waals surface area contributed by atoms with E-state index in [1.54, 1.807) is 0 Å². The molecular weight excluding hydrogens is 901 g/mol. The molecule has 0 atom stereocenters. The molecule has 0 saturated heterocycles. The van der Waals surface area contributed by atoms with Crippen LogP contribution in [0.5, 0.6) is 0 Å². The Hall–Kier alpha value is -9.90. The Bertz CT molecular complexity index is 4910. The highest BCUT2D eigenvalue weighted by molar-refractivity contribution is 6.28. The van der Waals surface area contributed by atoms with E-state index in [2.05, 4.69) is 252 Å². The Balaban J connectivity index is 1.03. The van der Waals surface area contributed by atoms with Crippen LogP contribution in [0.15, 0.2) is 251 Å². The Morgan fingerprint density at radius 3 is 1.07 bits per heavy atom. The van der Waals surface area contributed by atoms with Gasteiger partial charge in [-0.3, -0.25) is 0 Å². The fourth-order valence-electron chi connectivity index (χ4n) is 12.8. The molecule has 0 fully saturated rings. The van der Waals surface area contributed by atoms with Gasteiger partial charge >= 0.3 is 0 Å².